The lowest BCUT2D eigenvalue weighted by Gasteiger charge is -2.28. The molecule has 0 amide bonds. The Morgan fingerprint density at radius 3 is 2.89 bits per heavy atom. The van der Waals surface area contributed by atoms with E-state index < -0.39 is 10.8 Å². The molecule has 0 aliphatic heterocycles. The fourth-order valence-electron chi connectivity index (χ4n) is 2.80. The minimum Gasteiger partial charge on any atom is -0.398 e. The average Bonchev–Trinajstić information content (AvgIpc) is 2.41. The van der Waals surface area contributed by atoms with Gasteiger partial charge in [-0.3, -0.25) is 4.21 Å². The summed E-state index contributed by atoms with van der Waals surface area (Å²) in [7, 11) is -0.939. The van der Waals surface area contributed by atoms with Crippen LogP contribution in [0.25, 0.3) is 0 Å². The van der Waals surface area contributed by atoms with Crippen LogP contribution >= 0.6 is 0 Å². The Hall–Kier alpha value is -0.830. The van der Waals surface area contributed by atoms with Crippen molar-refractivity contribution in [2.45, 2.75) is 56.1 Å². The molecule has 0 radical (unpaired) electrons. The first-order chi connectivity index (χ1) is 8.61. The first-order valence-electron chi connectivity index (χ1n) is 6.88. The van der Waals surface area contributed by atoms with E-state index in [-0.39, 0.29) is 0 Å². The quantitative estimate of drug-likeness (QED) is 0.848. The zero-order valence-corrected chi connectivity index (χ0v) is 12.1. The van der Waals surface area contributed by atoms with Crippen LogP contribution in [0, 0.1) is 12.8 Å². The van der Waals surface area contributed by atoms with E-state index in [0.717, 1.165) is 29.2 Å². The van der Waals surface area contributed by atoms with Crippen LogP contribution in [0.2, 0.25) is 0 Å². The lowest BCUT2D eigenvalue weighted by molar-refractivity contribution is 0.353. The van der Waals surface area contributed by atoms with E-state index in [2.05, 4.69) is 6.92 Å². The van der Waals surface area contributed by atoms with Crippen molar-refractivity contribution in [2.75, 3.05) is 5.73 Å². The molecule has 1 saturated carbocycles. The highest BCUT2D eigenvalue weighted by Crippen LogP contribution is 2.33. The maximum atomic E-state index is 12.7. The standard InChI is InChI=1S/C15H23NOS/c1-3-12-5-4-6-13(10-12)18(17)15-9-11(2)7-8-14(15)16/h7-9,12-13H,3-6,10,16H2,1-2H3. The van der Waals surface area contributed by atoms with Crippen molar-refractivity contribution >= 4 is 16.5 Å². The van der Waals surface area contributed by atoms with Gasteiger partial charge in [0.15, 0.2) is 0 Å². The third-order valence-electron chi connectivity index (χ3n) is 4.00. The summed E-state index contributed by atoms with van der Waals surface area (Å²) in [5.41, 5.74) is 7.78. The Morgan fingerprint density at radius 1 is 1.39 bits per heavy atom. The van der Waals surface area contributed by atoms with Gasteiger partial charge in [-0.15, -0.1) is 0 Å². The highest BCUT2D eigenvalue weighted by Gasteiger charge is 2.27. The average molecular weight is 265 g/mol. The molecule has 1 aromatic carbocycles. The van der Waals surface area contributed by atoms with Gasteiger partial charge in [-0.05, 0) is 43.4 Å². The second-order valence-electron chi connectivity index (χ2n) is 5.40. The Labute approximate surface area is 112 Å². The van der Waals surface area contributed by atoms with Crippen LogP contribution in [-0.2, 0) is 10.8 Å². The molecule has 18 heavy (non-hydrogen) atoms. The number of aryl methyl sites for hydroxylation is 1. The van der Waals surface area contributed by atoms with Crippen molar-refractivity contribution in [3.05, 3.63) is 23.8 Å². The number of hydrogen-bond donors (Lipinski definition) is 1. The van der Waals surface area contributed by atoms with E-state index in [1.54, 1.807) is 0 Å². The van der Waals surface area contributed by atoms with E-state index in [1.807, 2.05) is 25.1 Å². The van der Waals surface area contributed by atoms with Crippen molar-refractivity contribution in [3.63, 3.8) is 0 Å². The Kier molecular flexibility index (Phi) is 4.44. The van der Waals surface area contributed by atoms with Crippen LogP contribution in [-0.4, -0.2) is 9.46 Å². The van der Waals surface area contributed by atoms with Crippen molar-refractivity contribution in [3.8, 4) is 0 Å². The molecule has 1 aliphatic rings. The molecule has 2 N–H and O–H groups in total. The maximum Gasteiger partial charge on any atom is 0.0622 e. The van der Waals surface area contributed by atoms with Gasteiger partial charge in [0, 0.05) is 10.9 Å². The topological polar surface area (TPSA) is 43.1 Å². The Bertz CT molecular complexity index is 444. The third kappa shape index (κ3) is 2.94. The highest BCUT2D eigenvalue weighted by atomic mass is 32.2. The third-order valence-corrected chi connectivity index (χ3v) is 5.82. The van der Waals surface area contributed by atoms with Gasteiger partial charge in [-0.1, -0.05) is 32.3 Å². The minimum absolute atomic E-state index is 0.299. The van der Waals surface area contributed by atoms with Gasteiger partial charge in [-0.25, -0.2) is 0 Å². The molecule has 2 rings (SSSR count). The Morgan fingerprint density at radius 2 is 2.17 bits per heavy atom. The zero-order chi connectivity index (χ0) is 13.1. The lowest BCUT2D eigenvalue weighted by atomic mass is 9.87. The van der Waals surface area contributed by atoms with E-state index in [4.69, 9.17) is 5.73 Å². The SMILES string of the molecule is CCC1CCCC(S(=O)c2cc(C)ccc2N)C1. The molecule has 3 unspecified atom stereocenters. The van der Waals surface area contributed by atoms with E-state index >= 15 is 0 Å². The van der Waals surface area contributed by atoms with E-state index in [1.165, 1.54) is 19.3 Å². The monoisotopic (exact) mass is 265 g/mol. The summed E-state index contributed by atoms with van der Waals surface area (Å²) in [6, 6.07) is 5.84. The van der Waals surface area contributed by atoms with Crippen LogP contribution < -0.4 is 5.73 Å². The summed E-state index contributed by atoms with van der Waals surface area (Å²) >= 11 is 0. The van der Waals surface area contributed by atoms with Gasteiger partial charge in [-0.2, -0.15) is 0 Å². The minimum atomic E-state index is -0.939. The maximum absolute atomic E-state index is 12.7. The van der Waals surface area contributed by atoms with Gasteiger partial charge < -0.3 is 5.73 Å². The first kappa shape index (κ1) is 13.6. The van der Waals surface area contributed by atoms with E-state index in [0.29, 0.717) is 10.9 Å². The predicted octanol–water partition coefficient (Wildman–Crippen LogP) is 3.65. The first-order valence-corrected chi connectivity index (χ1v) is 8.09. The molecule has 0 heterocycles. The summed E-state index contributed by atoms with van der Waals surface area (Å²) in [6.45, 7) is 4.26. The molecule has 0 saturated heterocycles. The zero-order valence-electron chi connectivity index (χ0n) is 11.3. The summed E-state index contributed by atoms with van der Waals surface area (Å²) in [6.07, 6.45) is 5.89. The van der Waals surface area contributed by atoms with Gasteiger partial charge in [0.25, 0.3) is 0 Å². The summed E-state index contributed by atoms with van der Waals surface area (Å²) in [4.78, 5) is 0.844. The van der Waals surface area contributed by atoms with Crippen molar-refractivity contribution in [1.29, 1.82) is 0 Å². The molecule has 0 bridgehead atoms. The van der Waals surface area contributed by atoms with E-state index in [9.17, 15) is 4.21 Å². The summed E-state index contributed by atoms with van der Waals surface area (Å²) in [5, 5.41) is 0.299. The summed E-state index contributed by atoms with van der Waals surface area (Å²) in [5.74, 6) is 0.749. The molecule has 0 aromatic heterocycles. The second kappa shape index (κ2) is 5.87. The number of rotatable bonds is 3. The van der Waals surface area contributed by atoms with Gasteiger partial charge >= 0.3 is 0 Å². The molecular weight excluding hydrogens is 242 g/mol. The van der Waals surface area contributed by atoms with Crippen molar-refractivity contribution in [2.24, 2.45) is 5.92 Å². The molecule has 3 atom stereocenters. The van der Waals surface area contributed by atoms with Crippen LogP contribution in [0.4, 0.5) is 5.69 Å². The van der Waals surface area contributed by atoms with Crippen LogP contribution in [0.1, 0.15) is 44.6 Å². The second-order valence-corrected chi connectivity index (χ2v) is 7.10. The predicted molar refractivity (Wildman–Crippen MR) is 78.0 cm³/mol. The molecule has 3 heteroatoms. The number of nitrogen functional groups attached to an aromatic ring is 1. The molecule has 0 spiro atoms. The summed E-state index contributed by atoms with van der Waals surface area (Å²) < 4.78 is 12.7. The fraction of sp³-hybridized carbons (Fsp3) is 0.600. The molecular formula is C15H23NOS. The van der Waals surface area contributed by atoms with Gasteiger partial charge in [0.1, 0.15) is 0 Å². The highest BCUT2D eigenvalue weighted by molar-refractivity contribution is 7.85. The number of benzene rings is 1. The smallest absolute Gasteiger partial charge is 0.0622 e. The van der Waals surface area contributed by atoms with Crippen molar-refractivity contribution < 1.29 is 4.21 Å². The normalized spacial score (nSPS) is 25.9. The van der Waals surface area contributed by atoms with Crippen LogP contribution in [0.15, 0.2) is 23.1 Å². The molecule has 1 aliphatic carbocycles. The molecule has 1 fully saturated rings. The largest absolute Gasteiger partial charge is 0.398 e. The van der Waals surface area contributed by atoms with Crippen LogP contribution in [0.5, 0.6) is 0 Å². The number of hydrogen-bond acceptors (Lipinski definition) is 2. The molecule has 2 nitrogen and oxygen atoms in total. The Balaban J connectivity index is 2.17. The number of nitrogens with two attached hydrogens (primary N) is 1. The molecule has 1 aromatic rings. The molecule has 100 valence electrons. The van der Waals surface area contributed by atoms with Crippen molar-refractivity contribution in [1.82, 2.24) is 0 Å². The van der Waals surface area contributed by atoms with Gasteiger partial charge in [0.05, 0.1) is 15.7 Å². The number of anilines is 1. The lowest BCUT2D eigenvalue weighted by Crippen LogP contribution is -2.24. The van der Waals surface area contributed by atoms with Gasteiger partial charge in [0.2, 0.25) is 0 Å². The van der Waals surface area contributed by atoms with Crippen LogP contribution in [0.3, 0.4) is 0 Å². The fourth-order valence-corrected chi connectivity index (χ4v) is 4.59.